The Labute approximate surface area is 171 Å². The number of benzene rings is 1. The van der Waals surface area contributed by atoms with Crippen LogP contribution in [-0.4, -0.2) is 39.1 Å². The number of nitrogens with zero attached hydrogens (tertiary/aromatic N) is 2. The number of sulfonamides is 1. The van der Waals surface area contributed by atoms with Crippen LogP contribution in [0.25, 0.3) is 0 Å². The van der Waals surface area contributed by atoms with Gasteiger partial charge in [-0.25, -0.2) is 8.42 Å². The van der Waals surface area contributed by atoms with Crippen molar-refractivity contribution in [3.63, 3.8) is 0 Å². The first-order valence-electron chi connectivity index (χ1n) is 9.50. The molecule has 0 radical (unpaired) electrons. The maximum absolute atomic E-state index is 13.5. The fourth-order valence-electron chi connectivity index (χ4n) is 2.61. The fourth-order valence-corrected chi connectivity index (χ4v) is 4.18. The molecule has 0 aliphatic rings. The predicted octanol–water partition coefficient (Wildman–Crippen LogP) is 2.99. The molecular formula is C20H27N3O5S. The highest BCUT2D eigenvalue weighted by molar-refractivity contribution is 7.93. The fraction of sp³-hybridized carbons (Fsp3) is 0.400. The molecule has 0 aliphatic carbocycles. The number of ether oxygens (including phenoxy) is 2. The van der Waals surface area contributed by atoms with Crippen LogP contribution in [-0.2, 0) is 19.6 Å². The number of hydrogen-bond acceptors (Lipinski definition) is 7. The van der Waals surface area contributed by atoms with Crippen molar-refractivity contribution >= 4 is 27.4 Å². The second-order valence-corrected chi connectivity index (χ2v) is 8.08. The van der Waals surface area contributed by atoms with Crippen LogP contribution in [0, 0.1) is 0 Å². The smallest absolute Gasteiger partial charge is 0.307 e. The van der Waals surface area contributed by atoms with E-state index in [0.717, 1.165) is 17.1 Å². The van der Waals surface area contributed by atoms with E-state index >= 15 is 0 Å². The molecule has 0 unspecified atom stereocenters. The van der Waals surface area contributed by atoms with Crippen LogP contribution >= 0.6 is 0 Å². The molecule has 158 valence electrons. The molecule has 0 amide bonds. The van der Waals surface area contributed by atoms with E-state index in [-0.39, 0.29) is 30.2 Å². The van der Waals surface area contributed by atoms with Gasteiger partial charge in [0.2, 0.25) is 0 Å². The molecule has 9 heteroatoms. The molecular weight excluding hydrogens is 394 g/mol. The molecule has 0 bridgehead atoms. The number of rotatable bonds is 11. The van der Waals surface area contributed by atoms with Crippen molar-refractivity contribution in [3.05, 3.63) is 42.7 Å². The number of unbranched alkanes of at least 4 members (excludes halogenated alkanes) is 1. The summed E-state index contributed by atoms with van der Waals surface area (Å²) in [4.78, 5) is 15.8. The molecule has 0 saturated carbocycles. The Morgan fingerprint density at radius 3 is 2.69 bits per heavy atom. The van der Waals surface area contributed by atoms with E-state index in [2.05, 4.69) is 4.98 Å². The van der Waals surface area contributed by atoms with Gasteiger partial charge < -0.3 is 15.2 Å². The summed E-state index contributed by atoms with van der Waals surface area (Å²) in [7, 11) is -4.04. The minimum atomic E-state index is -4.04. The lowest BCUT2D eigenvalue weighted by Gasteiger charge is -2.25. The van der Waals surface area contributed by atoms with Crippen LogP contribution in [0.4, 0.5) is 11.4 Å². The molecule has 0 spiro atoms. The predicted molar refractivity (Wildman–Crippen MR) is 111 cm³/mol. The summed E-state index contributed by atoms with van der Waals surface area (Å²) in [6, 6.07) is 7.66. The third-order valence-corrected chi connectivity index (χ3v) is 5.92. The molecule has 0 saturated heterocycles. The van der Waals surface area contributed by atoms with Gasteiger partial charge in [-0.05, 0) is 37.6 Å². The molecule has 1 heterocycles. The average Bonchev–Trinajstić information content (AvgIpc) is 2.69. The van der Waals surface area contributed by atoms with E-state index in [9.17, 15) is 13.2 Å². The number of nitrogen functional groups attached to an aromatic ring is 1. The highest BCUT2D eigenvalue weighted by Gasteiger charge is 2.29. The zero-order chi connectivity index (χ0) is 21.3. The topological polar surface area (TPSA) is 112 Å². The van der Waals surface area contributed by atoms with Gasteiger partial charge in [-0.2, -0.15) is 0 Å². The molecule has 0 aliphatic heterocycles. The van der Waals surface area contributed by atoms with Gasteiger partial charge in [-0.15, -0.1) is 0 Å². The normalized spacial score (nSPS) is 11.1. The molecule has 0 atom stereocenters. The summed E-state index contributed by atoms with van der Waals surface area (Å²) in [5.41, 5.74) is 6.57. The summed E-state index contributed by atoms with van der Waals surface area (Å²) < 4.78 is 38.8. The number of nitrogens with two attached hydrogens (primary N) is 1. The third kappa shape index (κ3) is 6.08. The largest absolute Gasteiger partial charge is 0.492 e. The SMILES string of the molecule is CCCCOc1cc(N)ccc1S(=O)(=O)N(CCC(=O)OCC)c1cccnc1. The van der Waals surface area contributed by atoms with Crippen LogP contribution in [0.3, 0.4) is 0 Å². The van der Waals surface area contributed by atoms with E-state index in [0.29, 0.717) is 18.0 Å². The zero-order valence-electron chi connectivity index (χ0n) is 16.7. The van der Waals surface area contributed by atoms with Gasteiger partial charge in [0.05, 0.1) is 31.5 Å². The van der Waals surface area contributed by atoms with E-state index in [4.69, 9.17) is 15.2 Å². The number of carbonyl (C=O) groups is 1. The van der Waals surface area contributed by atoms with Crippen LogP contribution in [0.1, 0.15) is 33.1 Å². The van der Waals surface area contributed by atoms with Gasteiger partial charge >= 0.3 is 5.97 Å². The Kier molecular flexibility index (Phi) is 8.26. The molecule has 8 nitrogen and oxygen atoms in total. The highest BCUT2D eigenvalue weighted by atomic mass is 32.2. The highest BCUT2D eigenvalue weighted by Crippen LogP contribution is 2.31. The lowest BCUT2D eigenvalue weighted by Crippen LogP contribution is -2.33. The van der Waals surface area contributed by atoms with Crippen molar-refractivity contribution < 1.29 is 22.7 Å². The summed E-state index contributed by atoms with van der Waals surface area (Å²) in [6.45, 7) is 4.22. The van der Waals surface area contributed by atoms with E-state index < -0.39 is 16.0 Å². The van der Waals surface area contributed by atoms with Crippen molar-refractivity contribution in [2.45, 2.75) is 38.0 Å². The Morgan fingerprint density at radius 1 is 1.24 bits per heavy atom. The monoisotopic (exact) mass is 421 g/mol. The summed E-state index contributed by atoms with van der Waals surface area (Å²) in [6.07, 6.45) is 4.57. The first-order chi connectivity index (χ1) is 13.9. The molecule has 1 aromatic carbocycles. The van der Waals surface area contributed by atoms with E-state index in [1.165, 1.54) is 24.4 Å². The quantitative estimate of drug-likeness (QED) is 0.337. The maximum atomic E-state index is 13.5. The van der Waals surface area contributed by atoms with Crippen molar-refractivity contribution in [3.8, 4) is 5.75 Å². The van der Waals surface area contributed by atoms with Crippen LogP contribution in [0.2, 0.25) is 0 Å². The van der Waals surface area contributed by atoms with E-state index in [1.807, 2.05) is 6.92 Å². The van der Waals surface area contributed by atoms with Crippen molar-refractivity contribution in [2.24, 2.45) is 0 Å². The van der Waals surface area contributed by atoms with Crippen molar-refractivity contribution in [2.75, 3.05) is 29.8 Å². The Morgan fingerprint density at radius 2 is 2.03 bits per heavy atom. The van der Waals surface area contributed by atoms with Gasteiger partial charge in [-0.3, -0.25) is 14.1 Å². The second kappa shape index (κ2) is 10.7. The Hall–Kier alpha value is -2.81. The molecule has 29 heavy (non-hydrogen) atoms. The summed E-state index contributed by atoms with van der Waals surface area (Å²) in [5, 5.41) is 0. The van der Waals surface area contributed by atoms with Crippen LogP contribution < -0.4 is 14.8 Å². The molecule has 2 N–H and O–H groups in total. The Balaban J connectivity index is 2.42. The third-order valence-electron chi connectivity index (χ3n) is 4.05. The number of pyridine rings is 1. The first kappa shape index (κ1) is 22.5. The average molecular weight is 422 g/mol. The number of carbonyl (C=O) groups excluding carboxylic acids is 1. The van der Waals surface area contributed by atoms with Gasteiger partial charge in [0.1, 0.15) is 10.6 Å². The first-order valence-corrected chi connectivity index (χ1v) is 10.9. The lowest BCUT2D eigenvalue weighted by atomic mass is 10.3. The molecule has 1 aromatic heterocycles. The standard InChI is InChI=1S/C20H27N3O5S/c1-3-5-13-28-18-14-16(21)8-9-19(18)29(25,26)23(12-10-20(24)27-4-2)17-7-6-11-22-15-17/h6-9,11,14-15H,3-5,10,12-13,21H2,1-2H3. The second-order valence-electron chi connectivity index (χ2n) is 6.25. The minimum Gasteiger partial charge on any atom is -0.492 e. The number of aromatic nitrogens is 1. The lowest BCUT2D eigenvalue weighted by molar-refractivity contribution is -0.142. The van der Waals surface area contributed by atoms with Gasteiger partial charge in [-0.1, -0.05) is 13.3 Å². The van der Waals surface area contributed by atoms with Gasteiger partial charge in [0.25, 0.3) is 10.0 Å². The maximum Gasteiger partial charge on any atom is 0.307 e. The van der Waals surface area contributed by atoms with Crippen LogP contribution in [0.15, 0.2) is 47.6 Å². The van der Waals surface area contributed by atoms with Crippen LogP contribution in [0.5, 0.6) is 5.75 Å². The number of esters is 1. The van der Waals surface area contributed by atoms with Crippen molar-refractivity contribution in [1.29, 1.82) is 0 Å². The molecule has 0 fully saturated rings. The Bertz CT molecular complexity index is 904. The zero-order valence-corrected chi connectivity index (χ0v) is 17.5. The number of anilines is 2. The summed E-state index contributed by atoms with van der Waals surface area (Å²) >= 11 is 0. The van der Waals surface area contributed by atoms with Gasteiger partial charge in [0.15, 0.2) is 0 Å². The van der Waals surface area contributed by atoms with Crippen molar-refractivity contribution in [1.82, 2.24) is 4.98 Å². The van der Waals surface area contributed by atoms with E-state index in [1.54, 1.807) is 25.3 Å². The van der Waals surface area contributed by atoms with Gasteiger partial charge in [0, 0.05) is 24.5 Å². The molecule has 2 rings (SSSR count). The summed E-state index contributed by atoms with van der Waals surface area (Å²) in [5.74, 6) is -0.295. The molecule has 2 aromatic rings. The minimum absolute atomic E-state index is 0.0180. The number of hydrogen-bond donors (Lipinski definition) is 1.